The van der Waals surface area contributed by atoms with Gasteiger partial charge in [-0.25, -0.2) is 0 Å². The van der Waals surface area contributed by atoms with Crippen LogP contribution in [0.1, 0.15) is 13.3 Å². The normalized spacial score (nSPS) is 16.7. The van der Waals surface area contributed by atoms with E-state index in [1.165, 1.54) is 0 Å². The zero-order valence-corrected chi connectivity index (χ0v) is 11.0. The molecule has 1 aromatic rings. The lowest BCUT2D eigenvalue weighted by atomic mass is 10.2. The Kier molecular flexibility index (Phi) is 4.39. The summed E-state index contributed by atoms with van der Waals surface area (Å²) in [5, 5.41) is 2.70. The lowest BCUT2D eigenvalue weighted by molar-refractivity contribution is -0.144. The number of carbonyl (C=O) groups excluding carboxylic acids is 2. The molecule has 0 spiro atoms. The van der Waals surface area contributed by atoms with Gasteiger partial charge in [0.05, 0.1) is 6.54 Å². The van der Waals surface area contributed by atoms with Crippen molar-refractivity contribution in [1.82, 2.24) is 10.2 Å². The van der Waals surface area contributed by atoms with Gasteiger partial charge >= 0.3 is 0 Å². The molecular weight excluding hydrogens is 244 g/mol. The van der Waals surface area contributed by atoms with Crippen LogP contribution < -0.4 is 10.1 Å². The standard InChI is InChI=1S/C14H18N2O3/c1-2-12(19-11-6-4-3-5-7-11)14(18)16-9-8-15-13(17)10-16/h3-7,12H,2,8-10H2,1H3,(H,15,17)/t12-/m1/s1. The second-order valence-electron chi connectivity index (χ2n) is 4.44. The predicted molar refractivity (Wildman–Crippen MR) is 70.7 cm³/mol. The Bertz CT molecular complexity index is 447. The van der Waals surface area contributed by atoms with E-state index >= 15 is 0 Å². The van der Waals surface area contributed by atoms with E-state index in [2.05, 4.69) is 5.32 Å². The molecule has 1 heterocycles. The quantitative estimate of drug-likeness (QED) is 0.873. The van der Waals surface area contributed by atoms with E-state index in [1.807, 2.05) is 37.3 Å². The average Bonchev–Trinajstić information content (AvgIpc) is 2.45. The van der Waals surface area contributed by atoms with Crippen LogP contribution in [0.4, 0.5) is 0 Å². The molecule has 102 valence electrons. The number of hydrogen-bond donors (Lipinski definition) is 1. The van der Waals surface area contributed by atoms with Crippen molar-refractivity contribution in [1.29, 1.82) is 0 Å². The van der Waals surface area contributed by atoms with Gasteiger partial charge in [0.2, 0.25) is 5.91 Å². The van der Waals surface area contributed by atoms with Crippen molar-refractivity contribution in [2.45, 2.75) is 19.4 Å². The van der Waals surface area contributed by atoms with Crippen molar-refractivity contribution in [2.75, 3.05) is 19.6 Å². The number of nitrogens with zero attached hydrogens (tertiary/aromatic N) is 1. The molecule has 1 N–H and O–H groups in total. The molecule has 1 atom stereocenters. The number of nitrogens with one attached hydrogen (secondary N) is 1. The molecule has 1 aliphatic heterocycles. The third-order valence-corrected chi connectivity index (χ3v) is 3.02. The summed E-state index contributed by atoms with van der Waals surface area (Å²) in [7, 11) is 0. The Morgan fingerprint density at radius 2 is 2.16 bits per heavy atom. The van der Waals surface area contributed by atoms with Gasteiger partial charge in [0.15, 0.2) is 6.10 Å². The lowest BCUT2D eigenvalue weighted by Gasteiger charge is -2.30. The molecule has 0 saturated carbocycles. The first-order valence-electron chi connectivity index (χ1n) is 6.48. The molecule has 1 saturated heterocycles. The fraction of sp³-hybridized carbons (Fsp3) is 0.429. The molecule has 19 heavy (non-hydrogen) atoms. The molecule has 0 aromatic heterocycles. The average molecular weight is 262 g/mol. The number of para-hydroxylation sites is 1. The Hall–Kier alpha value is -2.04. The summed E-state index contributed by atoms with van der Waals surface area (Å²) in [6.45, 7) is 3.06. The first-order chi connectivity index (χ1) is 9.20. The van der Waals surface area contributed by atoms with E-state index in [9.17, 15) is 9.59 Å². The zero-order chi connectivity index (χ0) is 13.7. The van der Waals surface area contributed by atoms with E-state index in [-0.39, 0.29) is 18.4 Å². The van der Waals surface area contributed by atoms with Crippen LogP contribution in [-0.4, -0.2) is 42.5 Å². The highest BCUT2D eigenvalue weighted by Crippen LogP contribution is 2.14. The number of ether oxygens (including phenoxy) is 1. The summed E-state index contributed by atoms with van der Waals surface area (Å²) in [4.78, 5) is 25.2. The van der Waals surface area contributed by atoms with E-state index in [0.29, 0.717) is 25.3 Å². The summed E-state index contributed by atoms with van der Waals surface area (Å²) in [5.74, 6) is 0.430. The molecule has 1 fully saturated rings. The first kappa shape index (κ1) is 13.4. The molecule has 2 amide bonds. The summed E-state index contributed by atoms with van der Waals surface area (Å²) in [6, 6.07) is 9.25. The van der Waals surface area contributed by atoms with E-state index in [4.69, 9.17) is 4.74 Å². The Labute approximate surface area is 112 Å². The van der Waals surface area contributed by atoms with Crippen molar-refractivity contribution in [3.8, 4) is 5.75 Å². The maximum absolute atomic E-state index is 12.3. The molecule has 1 aromatic carbocycles. The summed E-state index contributed by atoms with van der Waals surface area (Å²) < 4.78 is 5.69. The molecule has 0 radical (unpaired) electrons. The Morgan fingerprint density at radius 1 is 1.42 bits per heavy atom. The first-order valence-corrected chi connectivity index (χ1v) is 6.48. The van der Waals surface area contributed by atoms with Crippen molar-refractivity contribution in [2.24, 2.45) is 0 Å². The second-order valence-corrected chi connectivity index (χ2v) is 4.44. The summed E-state index contributed by atoms with van der Waals surface area (Å²) >= 11 is 0. The maximum Gasteiger partial charge on any atom is 0.264 e. The maximum atomic E-state index is 12.3. The highest BCUT2D eigenvalue weighted by Gasteiger charge is 2.28. The number of hydrogen-bond acceptors (Lipinski definition) is 3. The minimum Gasteiger partial charge on any atom is -0.481 e. The van der Waals surface area contributed by atoms with Crippen LogP contribution in [-0.2, 0) is 9.59 Å². The minimum absolute atomic E-state index is 0.117. The number of benzene rings is 1. The van der Waals surface area contributed by atoms with Gasteiger partial charge in [0, 0.05) is 13.1 Å². The SMILES string of the molecule is CC[C@@H](Oc1ccccc1)C(=O)N1CCNC(=O)C1. The van der Waals surface area contributed by atoms with Gasteiger partial charge in [-0.15, -0.1) is 0 Å². The zero-order valence-electron chi connectivity index (χ0n) is 11.0. The molecular formula is C14H18N2O3. The third-order valence-electron chi connectivity index (χ3n) is 3.02. The van der Waals surface area contributed by atoms with Crippen LogP contribution in [0.3, 0.4) is 0 Å². The Morgan fingerprint density at radius 3 is 2.79 bits per heavy atom. The van der Waals surface area contributed by atoms with Crippen LogP contribution in [0.2, 0.25) is 0 Å². The Balaban J connectivity index is 2.00. The fourth-order valence-corrected chi connectivity index (χ4v) is 2.00. The van der Waals surface area contributed by atoms with E-state index in [1.54, 1.807) is 4.90 Å². The third kappa shape index (κ3) is 3.47. The van der Waals surface area contributed by atoms with Gasteiger partial charge in [-0.2, -0.15) is 0 Å². The van der Waals surface area contributed by atoms with Gasteiger partial charge in [-0.3, -0.25) is 9.59 Å². The molecule has 1 aliphatic rings. The van der Waals surface area contributed by atoms with Crippen LogP contribution in [0, 0.1) is 0 Å². The molecule has 0 aliphatic carbocycles. The van der Waals surface area contributed by atoms with E-state index in [0.717, 1.165) is 0 Å². The van der Waals surface area contributed by atoms with Crippen LogP contribution >= 0.6 is 0 Å². The van der Waals surface area contributed by atoms with Crippen LogP contribution in [0.25, 0.3) is 0 Å². The largest absolute Gasteiger partial charge is 0.481 e. The van der Waals surface area contributed by atoms with Crippen molar-refractivity contribution < 1.29 is 14.3 Å². The van der Waals surface area contributed by atoms with Crippen molar-refractivity contribution in [3.63, 3.8) is 0 Å². The van der Waals surface area contributed by atoms with Crippen LogP contribution in [0.5, 0.6) is 5.75 Å². The highest BCUT2D eigenvalue weighted by molar-refractivity contribution is 5.88. The summed E-state index contributed by atoms with van der Waals surface area (Å²) in [6.07, 6.45) is 0.0413. The number of amides is 2. The minimum atomic E-state index is -0.534. The fourth-order valence-electron chi connectivity index (χ4n) is 2.00. The van der Waals surface area contributed by atoms with Crippen molar-refractivity contribution in [3.05, 3.63) is 30.3 Å². The monoisotopic (exact) mass is 262 g/mol. The number of carbonyl (C=O) groups is 2. The van der Waals surface area contributed by atoms with Gasteiger partial charge in [0.25, 0.3) is 5.91 Å². The van der Waals surface area contributed by atoms with E-state index < -0.39 is 6.10 Å². The van der Waals surface area contributed by atoms with Crippen molar-refractivity contribution >= 4 is 11.8 Å². The predicted octanol–water partition coefficient (Wildman–Crippen LogP) is 0.802. The van der Waals surface area contributed by atoms with Gasteiger partial charge in [-0.1, -0.05) is 25.1 Å². The molecule has 5 nitrogen and oxygen atoms in total. The second kappa shape index (κ2) is 6.22. The van der Waals surface area contributed by atoms with Gasteiger partial charge < -0.3 is 15.0 Å². The number of rotatable bonds is 4. The highest BCUT2D eigenvalue weighted by atomic mass is 16.5. The van der Waals surface area contributed by atoms with Gasteiger partial charge in [0.1, 0.15) is 5.75 Å². The molecule has 2 rings (SSSR count). The molecule has 0 bridgehead atoms. The van der Waals surface area contributed by atoms with Gasteiger partial charge in [-0.05, 0) is 18.6 Å². The lowest BCUT2D eigenvalue weighted by Crippen LogP contribution is -2.53. The molecule has 5 heteroatoms. The van der Waals surface area contributed by atoms with Crippen LogP contribution in [0.15, 0.2) is 30.3 Å². The summed E-state index contributed by atoms with van der Waals surface area (Å²) in [5.41, 5.74) is 0. The number of piperazine rings is 1. The molecule has 0 unspecified atom stereocenters. The smallest absolute Gasteiger partial charge is 0.264 e. The topological polar surface area (TPSA) is 58.6 Å².